The molecule has 3 rings (SSSR count). The average Bonchev–Trinajstić information content (AvgIpc) is 2.66. The van der Waals surface area contributed by atoms with Gasteiger partial charge in [-0.2, -0.15) is 0 Å². The number of carbonyl (C=O) groups excluding carboxylic acids is 1. The largest absolute Gasteiger partial charge is 0.479 e. The molecule has 5 nitrogen and oxygen atoms in total. The first kappa shape index (κ1) is 19.7. The van der Waals surface area contributed by atoms with Gasteiger partial charge in [-0.05, 0) is 37.3 Å². The SMILES string of the molecule is CC(Oc1cccc(Cl)c1Cl)C(=O)Nc1ccc(N2CCOCC2)c(F)c1. The van der Waals surface area contributed by atoms with Gasteiger partial charge in [0, 0.05) is 18.8 Å². The van der Waals surface area contributed by atoms with Crippen LogP contribution in [0.2, 0.25) is 10.0 Å². The fraction of sp³-hybridized carbons (Fsp3) is 0.316. The van der Waals surface area contributed by atoms with Gasteiger partial charge in [0.1, 0.15) is 16.6 Å². The van der Waals surface area contributed by atoms with Crippen molar-refractivity contribution in [1.29, 1.82) is 0 Å². The van der Waals surface area contributed by atoms with Crippen molar-refractivity contribution in [3.8, 4) is 5.75 Å². The first-order valence-electron chi connectivity index (χ1n) is 8.49. The number of morpholine rings is 1. The number of nitrogens with zero attached hydrogens (tertiary/aromatic N) is 1. The predicted molar refractivity (Wildman–Crippen MR) is 105 cm³/mol. The summed E-state index contributed by atoms with van der Waals surface area (Å²) in [6.45, 7) is 3.98. The lowest BCUT2D eigenvalue weighted by atomic mass is 10.2. The number of anilines is 2. The van der Waals surface area contributed by atoms with E-state index in [9.17, 15) is 9.18 Å². The number of carbonyl (C=O) groups is 1. The smallest absolute Gasteiger partial charge is 0.265 e. The summed E-state index contributed by atoms with van der Waals surface area (Å²) >= 11 is 12.0. The fourth-order valence-electron chi connectivity index (χ4n) is 2.71. The topological polar surface area (TPSA) is 50.8 Å². The lowest BCUT2D eigenvalue weighted by Crippen LogP contribution is -2.36. The summed E-state index contributed by atoms with van der Waals surface area (Å²) < 4.78 is 25.3. The van der Waals surface area contributed by atoms with E-state index in [2.05, 4.69) is 5.32 Å². The van der Waals surface area contributed by atoms with E-state index in [0.29, 0.717) is 48.5 Å². The van der Waals surface area contributed by atoms with Crippen molar-refractivity contribution in [2.45, 2.75) is 13.0 Å². The average molecular weight is 413 g/mol. The zero-order chi connectivity index (χ0) is 19.4. The van der Waals surface area contributed by atoms with Gasteiger partial charge in [0.2, 0.25) is 0 Å². The third-order valence-corrected chi connectivity index (χ3v) is 4.96. The second kappa shape index (κ2) is 8.78. The van der Waals surface area contributed by atoms with E-state index in [1.165, 1.54) is 6.07 Å². The first-order valence-corrected chi connectivity index (χ1v) is 9.25. The highest BCUT2D eigenvalue weighted by Crippen LogP contribution is 2.32. The summed E-state index contributed by atoms with van der Waals surface area (Å²) in [5.41, 5.74) is 0.841. The van der Waals surface area contributed by atoms with Gasteiger partial charge >= 0.3 is 0 Å². The maximum atomic E-state index is 14.4. The van der Waals surface area contributed by atoms with Crippen LogP contribution in [0, 0.1) is 5.82 Å². The summed E-state index contributed by atoms with van der Waals surface area (Å²) in [4.78, 5) is 14.3. The Balaban J connectivity index is 1.64. The van der Waals surface area contributed by atoms with Crippen LogP contribution >= 0.6 is 23.2 Å². The second-order valence-corrected chi connectivity index (χ2v) is 6.85. The number of nitrogens with one attached hydrogen (secondary N) is 1. The molecule has 144 valence electrons. The van der Waals surface area contributed by atoms with Gasteiger partial charge < -0.3 is 19.7 Å². The van der Waals surface area contributed by atoms with Crippen molar-refractivity contribution < 1.29 is 18.7 Å². The monoisotopic (exact) mass is 412 g/mol. The normalized spacial score (nSPS) is 15.3. The van der Waals surface area contributed by atoms with Crippen molar-refractivity contribution in [3.63, 3.8) is 0 Å². The molecular weight excluding hydrogens is 394 g/mol. The fourth-order valence-corrected chi connectivity index (χ4v) is 3.04. The summed E-state index contributed by atoms with van der Waals surface area (Å²) in [5, 5.41) is 3.22. The van der Waals surface area contributed by atoms with Gasteiger partial charge in [0.15, 0.2) is 6.10 Å². The molecule has 0 aromatic heterocycles. The van der Waals surface area contributed by atoms with Crippen LogP contribution in [0.4, 0.5) is 15.8 Å². The molecule has 1 heterocycles. The van der Waals surface area contributed by atoms with Crippen molar-refractivity contribution in [3.05, 3.63) is 52.3 Å². The number of rotatable bonds is 5. The quantitative estimate of drug-likeness (QED) is 0.791. The zero-order valence-electron chi connectivity index (χ0n) is 14.7. The molecule has 1 unspecified atom stereocenters. The molecule has 1 amide bonds. The third-order valence-electron chi connectivity index (χ3n) is 4.16. The Morgan fingerprint density at radius 2 is 2.00 bits per heavy atom. The van der Waals surface area contributed by atoms with Crippen LogP contribution in [0.5, 0.6) is 5.75 Å². The Hall–Kier alpha value is -2.02. The van der Waals surface area contributed by atoms with Crippen LogP contribution in [-0.4, -0.2) is 38.3 Å². The highest BCUT2D eigenvalue weighted by atomic mass is 35.5. The van der Waals surface area contributed by atoms with Gasteiger partial charge in [0.25, 0.3) is 5.91 Å². The van der Waals surface area contributed by atoms with Crippen LogP contribution in [-0.2, 0) is 9.53 Å². The number of halogens is 3. The van der Waals surface area contributed by atoms with Crippen LogP contribution < -0.4 is 15.0 Å². The minimum absolute atomic E-state index is 0.236. The molecule has 0 saturated carbocycles. The predicted octanol–water partition coefficient (Wildman–Crippen LogP) is 4.38. The molecule has 8 heteroatoms. The molecule has 0 radical (unpaired) electrons. The van der Waals surface area contributed by atoms with Crippen LogP contribution in [0.3, 0.4) is 0 Å². The van der Waals surface area contributed by atoms with Gasteiger partial charge in [-0.25, -0.2) is 4.39 Å². The Kier molecular flexibility index (Phi) is 6.42. The Labute approximate surface area is 167 Å². The highest BCUT2D eigenvalue weighted by molar-refractivity contribution is 6.42. The van der Waals surface area contributed by atoms with Crippen LogP contribution in [0.15, 0.2) is 36.4 Å². The van der Waals surface area contributed by atoms with E-state index < -0.39 is 17.8 Å². The second-order valence-electron chi connectivity index (χ2n) is 6.07. The van der Waals surface area contributed by atoms with E-state index in [0.717, 1.165) is 0 Å². The van der Waals surface area contributed by atoms with Crippen molar-refractivity contribution in [1.82, 2.24) is 0 Å². The van der Waals surface area contributed by atoms with E-state index >= 15 is 0 Å². The molecule has 1 aliphatic rings. The Bertz CT molecular complexity index is 829. The lowest BCUT2D eigenvalue weighted by Gasteiger charge is -2.29. The summed E-state index contributed by atoms with van der Waals surface area (Å²) in [7, 11) is 0. The molecule has 1 saturated heterocycles. The number of hydrogen-bond acceptors (Lipinski definition) is 4. The standard InChI is InChI=1S/C19H19Cl2FN2O3/c1-12(27-17-4-2-3-14(20)18(17)21)19(25)23-13-5-6-16(15(22)11-13)24-7-9-26-10-8-24/h2-6,11-12H,7-10H2,1H3,(H,23,25). The number of ether oxygens (including phenoxy) is 2. The summed E-state index contributed by atoms with van der Waals surface area (Å²) in [6, 6.07) is 9.52. The van der Waals surface area contributed by atoms with Gasteiger partial charge in [-0.15, -0.1) is 0 Å². The van der Waals surface area contributed by atoms with Crippen LogP contribution in [0.1, 0.15) is 6.92 Å². The maximum Gasteiger partial charge on any atom is 0.265 e. The van der Waals surface area contributed by atoms with Crippen molar-refractivity contribution in [2.75, 3.05) is 36.5 Å². The molecular formula is C19H19Cl2FN2O3. The molecule has 0 spiro atoms. The van der Waals surface area contributed by atoms with Gasteiger partial charge in [0.05, 0.1) is 23.9 Å². The summed E-state index contributed by atoms with van der Waals surface area (Å²) in [6.07, 6.45) is -0.844. The maximum absolute atomic E-state index is 14.4. The van der Waals surface area contributed by atoms with E-state index in [4.69, 9.17) is 32.7 Å². The minimum Gasteiger partial charge on any atom is -0.479 e. The Morgan fingerprint density at radius 1 is 1.26 bits per heavy atom. The molecule has 1 fully saturated rings. The molecule has 1 N–H and O–H groups in total. The lowest BCUT2D eigenvalue weighted by molar-refractivity contribution is -0.122. The number of hydrogen-bond donors (Lipinski definition) is 1. The van der Waals surface area contributed by atoms with Crippen LogP contribution in [0.25, 0.3) is 0 Å². The molecule has 0 bridgehead atoms. The highest BCUT2D eigenvalue weighted by Gasteiger charge is 2.19. The van der Waals surface area contributed by atoms with E-state index in [1.54, 1.807) is 37.3 Å². The first-order chi connectivity index (χ1) is 13.0. The number of benzene rings is 2. The molecule has 27 heavy (non-hydrogen) atoms. The summed E-state index contributed by atoms with van der Waals surface area (Å²) in [5.74, 6) is -0.522. The number of amides is 1. The molecule has 1 atom stereocenters. The van der Waals surface area contributed by atoms with Crippen molar-refractivity contribution >= 4 is 40.5 Å². The molecule has 1 aliphatic heterocycles. The molecule has 2 aromatic rings. The molecule has 0 aliphatic carbocycles. The zero-order valence-corrected chi connectivity index (χ0v) is 16.2. The third kappa shape index (κ3) is 4.83. The van der Waals surface area contributed by atoms with Gasteiger partial charge in [-0.1, -0.05) is 29.3 Å². The Morgan fingerprint density at radius 3 is 2.70 bits per heavy atom. The van der Waals surface area contributed by atoms with Gasteiger partial charge in [-0.3, -0.25) is 4.79 Å². The van der Waals surface area contributed by atoms with E-state index in [-0.39, 0.29) is 5.02 Å². The van der Waals surface area contributed by atoms with Crippen molar-refractivity contribution in [2.24, 2.45) is 0 Å². The molecule has 2 aromatic carbocycles. The van der Waals surface area contributed by atoms with E-state index in [1.807, 2.05) is 4.90 Å². The minimum atomic E-state index is -0.844.